The van der Waals surface area contributed by atoms with E-state index in [1.165, 1.54) is 122 Å². The van der Waals surface area contributed by atoms with Gasteiger partial charge in [-0.05, 0) is 115 Å². The molecule has 0 saturated heterocycles. The van der Waals surface area contributed by atoms with E-state index >= 15 is 0 Å². The van der Waals surface area contributed by atoms with Crippen molar-refractivity contribution >= 4 is 0 Å². The van der Waals surface area contributed by atoms with Crippen molar-refractivity contribution < 1.29 is 0 Å². The molecule has 0 aliphatic heterocycles. The van der Waals surface area contributed by atoms with Gasteiger partial charge in [0.1, 0.15) is 0 Å². The van der Waals surface area contributed by atoms with Crippen LogP contribution in [0.5, 0.6) is 0 Å². The number of fused-ring (bicyclic) bond motifs is 1. The Balaban J connectivity index is 1.48. The van der Waals surface area contributed by atoms with Crippen LogP contribution in [0.2, 0.25) is 0 Å². The minimum Gasteiger partial charge on any atom is -0.0620 e. The van der Waals surface area contributed by atoms with Gasteiger partial charge in [-0.15, -0.1) is 0 Å². The molecule has 5 aliphatic carbocycles. The Kier molecular flexibility index (Phi) is 9.38. The molecule has 220 valence electrons. The summed E-state index contributed by atoms with van der Waals surface area (Å²) in [6.45, 7) is 13.9. The van der Waals surface area contributed by atoms with Crippen LogP contribution < -0.4 is 0 Å². The maximum absolute atomic E-state index is 2.88. The van der Waals surface area contributed by atoms with Gasteiger partial charge in [-0.2, -0.15) is 0 Å². The zero-order chi connectivity index (χ0) is 26.9. The van der Waals surface area contributed by atoms with Crippen LogP contribution in [0, 0.1) is 51.2 Å². The van der Waals surface area contributed by atoms with Crippen LogP contribution in [0.1, 0.15) is 189 Å². The van der Waals surface area contributed by atoms with Crippen molar-refractivity contribution in [1.82, 2.24) is 0 Å². The van der Waals surface area contributed by atoms with Gasteiger partial charge in [0, 0.05) is 0 Å². The molecule has 5 saturated carbocycles. The standard InChI is InChI=1S/C38H68/c1-30(35(2)21-11-6-12-22-35)28-32(36(3)23-13-7-14-24-36)29-34(37(4)25-15-8-16-26-37)38(5)27-17-19-31-18-9-10-20-33(31)38/h30-34H,6-29H2,1-5H3. The summed E-state index contributed by atoms with van der Waals surface area (Å²) in [7, 11) is 0. The third-order valence-corrected chi connectivity index (χ3v) is 15.0. The Bertz CT molecular complexity index is 727. The summed E-state index contributed by atoms with van der Waals surface area (Å²) in [5.74, 6) is 4.88. The van der Waals surface area contributed by atoms with Crippen LogP contribution in [0.15, 0.2) is 0 Å². The second-order valence-electron chi connectivity index (χ2n) is 17.3. The van der Waals surface area contributed by atoms with E-state index in [9.17, 15) is 0 Å². The second kappa shape index (κ2) is 12.1. The van der Waals surface area contributed by atoms with Crippen LogP contribution in [0.25, 0.3) is 0 Å². The molecule has 0 aromatic carbocycles. The molecule has 38 heavy (non-hydrogen) atoms. The lowest BCUT2D eigenvalue weighted by Gasteiger charge is -2.60. The van der Waals surface area contributed by atoms with Crippen LogP contribution >= 0.6 is 0 Å². The third-order valence-electron chi connectivity index (χ3n) is 15.0. The van der Waals surface area contributed by atoms with Crippen LogP contribution in [0.4, 0.5) is 0 Å². The Morgan fingerprint density at radius 3 is 1.61 bits per heavy atom. The van der Waals surface area contributed by atoms with E-state index in [2.05, 4.69) is 34.6 Å². The summed E-state index contributed by atoms with van der Waals surface area (Å²) in [6.07, 6.45) is 36.5. The molecule has 0 N–H and O–H groups in total. The fourth-order valence-electron chi connectivity index (χ4n) is 12.1. The van der Waals surface area contributed by atoms with Crippen molar-refractivity contribution in [3.05, 3.63) is 0 Å². The number of hydrogen-bond acceptors (Lipinski definition) is 0. The first-order valence-electron chi connectivity index (χ1n) is 18.2. The minimum atomic E-state index is 0.591. The van der Waals surface area contributed by atoms with Crippen LogP contribution in [-0.4, -0.2) is 0 Å². The Hall–Kier alpha value is 0. The molecule has 5 aliphatic rings. The van der Waals surface area contributed by atoms with Gasteiger partial charge in [-0.1, -0.05) is 125 Å². The predicted molar refractivity (Wildman–Crippen MR) is 166 cm³/mol. The lowest BCUT2D eigenvalue weighted by atomic mass is 9.45. The van der Waals surface area contributed by atoms with Crippen molar-refractivity contribution in [1.29, 1.82) is 0 Å². The summed E-state index contributed by atoms with van der Waals surface area (Å²) in [6, 6.07) is 0. The van der Waals surface area contributed by atoms with Gasteiger partial charge >= 0.3 is 0 Å². The van der Waals surface area contributed by atoms with Crippen molar-refractivity contribution in [2.75, 3.05) is 0 Å². The zero-order valence-corrected chi connectivity index (χ0v) is 26.9. The summed E-state index contributed by atoms with van der Waals surface area (Å²) in [5.41, 5.74) is 2.39. The monoisotopic (exact) mass is 525 g/mol. The van der Waals surface area contributed by atoms with E-state index in [0.29, 0.717) is 21.7 Å². The topological polar surface area (TPSA) is 0 Å². The summed E-state index contributed by atoms with van der Waals surface area (Å²) >= 11 is 0. The molecule has 6 unspecified atom stereocenters. The van der Waals surface area contributed by atoms with E-state index in [1.54, 1.807) is 32.1 Å². The van der Waals surface area contributed by atoms with E-state index in [-0.39, 0.29) is 0 Å². The molecular formula is C38H68. The lowest BCUT2D eigenvalue weighted by molar-refractivity contribution is -0.102. The fourth-order valence-corrected chi connectivity index (χ4v) is 12.1. The molecule has 0 aromatic rings. The molecule has 0 heterocycles. The molecule has 0 bridgehead atoms. The third kappa shape index (κ3) is 5.96. The molecule has 0 heteroatoms. The number of hydrogen-bond donors (Lipinski definition) is 0. The molecular weight excluding hydrogens is 456 g/mol. The van der Waals surface area contributed by atoms with Crippen LogP contribution in [0.3, 0.4) is 0 Å². The van der Waals surface area contributed by atoms with E-state index < -0.39 is 0 Å². The van der Waals surface area contributed by atoms with Crippen molar-refractivity contribution in [2.24, 2.45) is 51.2 Å². The SMILES string of the molecule is CC(CC(CC(C1(C)CCCCC1)C1(C)CCCC2CCCCC21)C1(C)CCCCC1)C1(C)CCCCC1. The molecule has 5 fully saturated rings. The first-order chi connectivity index (χ1) is 18.2. The maximum Gasteiger partial charge on any atom is -0.0261 e. The highest BCUT2D eigenvalue weighted by Crippen LogP contribution is 2.64. The quantitative estimate of drug-likeness (QED) is 0.296. The van der Waals surface area contributed by atoms with Crippen LogP contribution in [-0.2, 0) is 0 Å². The molecule has 0 spiro atoms. The highest BCUT2D eigenvalue weighted by Gasteiger charge is 2.54. The average Bonchev–Trinajstić information content (AvgIpc) is 2.92. The summed E-state index contributed by atoms with van der Waals surface area (Å²) in [5, 5.41) is 0. The summed E-state index contributed by atoms with van der Waals surface area (Å²) in [4.78, 5) is 0. The van der Waals surface area contributed by atoms with Crippen molar-refractivity contribution in [2.45, 2.75) is 189 Å². The van der Waals surface area contributed by atoms with E-state index in [0.717, 1.165) is 29.6 Å². The van der Waals surface area contributed by atoms with Gasteiger partial charge in [-0.3, -0.25) is 0 Å². The minimum absolute atomic E-state index is 0.591. The fraction of sp³-hybridized carbons (Fsp3) is 1.00. The smallest absolute Gasteiger partial charge is 0.0261 e. The van der Waals surface area contributed by atoms with Gasteiger partial charge in [0.25, 0.3) is 0 Å². The van der Waals surface area contributed by atoms with Crippen molar-refractivity contribution in [3.63, 3.8) is 0 Å². The normalized spacial score (nSPS) is 37.5. The second-order valence-corrected chi connectivity index (χ2v) is 17.3. The molecule has 6 atom stereocenters. The molecule has 5 rings (SSSR count). The lowest BCUT2D eigenvalue weighted by Crippen LogP contribution is -2.51. The number of rotatable bonds is 8. The molecule has 0 aromatic heterocycles. The Labute approximate surface area is 239 Å². The molecule has 0 radical (unpaired) electrons. The first kappa shape index (κ1) is 29.5. The van der Waals surface area contributed by atoms with Gasteiger partial charge in [0.15, 0.2) is 0 Å². The Morgan fingerprint density at radius 1 is 0.500 bits per heavy atom. The average molecular weight is 525 g/mol. The summed E-state index contributed by atoms with van der Waals surface area (Å²) < 4.78 is 0. The molecule has 0 amide bonds. The van der Waals surface area contributed by atoms with Gasteiger partial charge in [-0.25, -0.2) is 0 Å². The van der Waals surface area contributed by atoms with Crippen molar-refractivity contribution in [3.8, 4) is 0 Å². The van der Waals surface area contributed by atoms with Gasteiger partial charge in [0.05, 0.1) is 0 Å². The maximum atomic E-state index is 2.88. The highest BCUT2D eigenvalue weighted by atomic mass is 14.6. The zero-order valence-electron chi connectivity index (χ0n) is 26.9. The van der Waals surface area contributed by atoms with Gasteiger partial charge in [0.2, 0.25) is 0 Å². The first-order valence-corrected chi connectivity index (χ1v) is 18.2. The predicted octanol–water partition coefficient (Wildman–Crippen LogP) is 12.5. The Morgan fingerprint density at radius 2 is 1.00 bits per heavy atom. The van der Waals surface area contributed by atoms with E-state index in [1.807, 2.05) is 0 Å². The molecule has 0 nitrogen and oxygen atoms in total. The highest BCUT2D eigenvalue weighted by molar-refractivity contribution is 5.04. The van der Waals surface area contributed by atoms with E-state index in [4.69, 9.17) is 0 Å². The van der Waals surface area contributed by atoms with Gasteiger partial charge < -0.3 is 0 Å². The largest absolute Gasteiger partial charge is 0.0620 e.